The van der Waals surface area contributed by atoms with Crippen molar-refractivity contribution in [3.8, 4) is 11.8 Å². The highest BCUT2D eigenvalue weighted by Crippen LogP contribution is 2.16. The number of carbonyl (C=O) groups is 1. The van der Waals surface area contributed by atoms with Gasteiger partial charge in [0.05, 0.1) is 11.6 Å². The van der Waals surface area contributed by atoms with Crippen molar-refractivity contribution in [3.05, 3.63) is 29.8 Å². The highest BCUT2D eigenvalue weighted by molar-refractivity contribution is 5.80. The Morgan fingerprint density at radius 1 is 1.14 bits per heavy atom. The van der Waals surface area contributed by atoms with Crippen LogP contribution in [0.25, 0.3) is 0 Å². The van der Waals surface area contributed by atoms with Gasteiger partial charge in [0, 0.05) is 13.1 Å². The number of hydrogen-bond acceptors (Lipinski definition) is 3. The zero-order chi connectivity index (χ0) is 15.1. The maximum absolute atomic E-state index is 12.4. The van der Waals surface area contributed by atoms with Crippen molar-refractivity contribution in [1.29, 1.82) is 5.26 Å². The van der Waals surface area contributed by atoms with Gasteiger partial charge in [-0.05, 0) is 44.0 Å². The molecule has 1 atom stereocenters. The van der Waals surface area contributed by atoms with Gasteiger partial charge in [-0.15, -0.1) is 0 Å². The maximum Gasteiger partial charge on any atom is 0.263 e. The summed E-state index contributed by atoms with van der Waals surface area (Å²) in [6, 6.07) is 8.92. The minimum atomic E-state index is -0.489. The van der Waals surface area contributed by atoms with Gasteiger partial charge >= 0.3 is 0 Å². The van der Waals surface area contributed by atoms with E-state index in [1.807, 2.05) is 4.90 Å². The van der Waals surface area contributed by atoms with Gasteiger partial charge in [-0.2, -0.15) is 5.26 Å². The molecule has 1 aliphatic heterocycles. The SMILES string of the molecule is CC(Oc1ccc(C#N)cc1)C(=O)N1CCCCCCC1. The zero-order valence-electron chi connectivity index (χ0n) is 12.5. The Hall–Kier alpha value is -2.02. The Balaban J connectivity index is 1.92. The number of likely N-dealkylation sites (tertiary alicyclic amines) is 1. The number of rotatable bonds is 3. The van der Waals surface area contributed by atoms with Crippen LogP contribution in [0.3, 0.4) is 0 Å². The lowest BCUT2D eigenvalue weighted by Gasteiger charge is -2.27. The summed E-state index contributed by atoms with van der Waals surface area (Å²) in [7, 11) is 0. The third-order valence-corrected chi connectivity index (χ3v) is 3.81. The first-order valence-electron chi connectivity index (χ1n) is 7.66. The average molecular weight is 286 g/mol. The lowest BCUT2D eigenvalue weighted by molar-refractivity contribution is -0.138. The lowest BCUT2D eigenvalue weighted by Crippen LogP contribution is -2.42. The second-order valence-corrected chi connectivity index (χ2v) is 5.49. The fourth-order valence-electron chi connectivity index (χ4n) is 2.59. The molecule has 0 radical (unpaired) electrons. The summed E-state index contributed by atoms with van der Waals surface area (Å²) in [4.78, 5) is 14.4. The van der Waals surface area contributed by atoms with Gasteiger partial charge < -0.3 is 9.64 Å². The maximum atomic E-state index is 12.4. The first-order valence-corrected chi connectivity index (χ1v) is 7.66. The smallest absolute Gasteiger partial charge is 0.263 e. The van der Waals surface area contributed by atoms with E-state index in [0.29, 0.717) is 11.3 Å². The van der Waals surface area contributed by atoms with Gasteiger partial charge in [-0.25, -0.2) is 0 Å². The van der Waals surface area contributed by atoms with Crippen molar-refractivity contribution >= 4 is 5.91 Å². The van der Waals surface area contributed by atoms with E-state index in [4.69, 9.17) is 10.00 Å². The molecular formula is C17H22N2O2. The number of ether oxygens (including phenoxy) is 1. The van der Waals surface area contributed by atoms with Crippen molar-refractivity contribution < 1.29 is 9.53 Å². The molecule has 1 saturated heterocycles. The minimum Gasteiger partial charge on any atom is -0.481 e. The van der Waals surface area contributed by atoms with E-state index in [-0.39, 0.29) is 5.91 Å². The number of benzene rings is 1. The molecule has 1 heterocycles. The minimum absolute atomic E-state index is 0.0567. The van der Waals surface area contributed by atoms with Crippen LogP contribution in [-0.2, 0) is 4.79 Å². The van der Waals surface area contributed by atoms with Crippen molar-refractivity contribution in [2.75, 3.05) is 13.1 Å². The summed E-state index contributed by atoms with van der Waals surface area (Å²) in [6.45, 7) is 3.46. The van der Waals surface area contributed by atoms with Crippen molar-refractivity contribution in [2.45, 2.75) is 45.1 Å². The zero-order valence-corrected chi connectivity index (χ0v) is 12.5. The third kappa shape index (κ3) is 4.49. The molecule has 2 rings (SSSR count). The molecule has 0 aliphatic carbocycles. The molecule has 1 aromatic rings. The van der Waals surface area contributed by atoms with E-state index >= 15 is 0 Å². The van der Waals surface area contributed by atoms with Crippen LogP contribution in [-0.4, -0.2) is 30.0 Å². The van der Waals surface area contributed by atoms with Gasteiger partial charge in [0.1, 0.15) is 5.75 Å². The van der Waals surface area contributed by atoms with E-state index in [2.05, 4.69) is 6.07 Å². The van der Waals surface area contributed by atoms with E-state index in [1.165, 1.54) is 19.3 Å². The van der Waals surface area contributed by atoms with Crippen LogP contribution in [0.15, 0.2) is 24.3 Å². The molecule has 112 valence electrons. The van der Waals surface area contributed by atoms with Crippen molar-refractivity contribution in [2.24, 2.45) is 0 Å². The number of hydrogen-bond donors (Lipinski definition) is 0. The van der Waals surface area contributed by atoms with Crippen LogP contribution in [0.5, 0.6) is 5.75 Å². The lowest BCUT2D eigenvalue weighted by atomic mass is 10.1. The Bertz CT molecular complexity index is 497. The topological polar surface area (TPSA) is 53.3 Å². The predicted molar refractivity (Wildman–Crippen MR) is 80.9 cm³/mol. The summed E-state index contributed by atoms with van der Waals surface area (Å²) in [5.41, 5.74) is 0.588. The second kappa shape index (κ2) is 7.68. The summed E-state index contributed by atoms with van der Waals surface area (Å²) in [5.74, 6) is 0.683. The molecule has 1 aliphatic rings. The molecule has 0 aromatic heterocycles. The van der Waals surface area contributed by atoms with Crippen LogP contribution < -0.4 is 4.74 Å². The average Bonchev–Trinajstić information content (AvgIpc) is 2.47. The summed E-state index contributed by atoms with van der Waals surface area (Å²) < 4.78 is 5.70. The molecular weight excluding hydrogens is 264 g/mol. The fourth-order valence-corrected chi connectivity index (χ4v) is 2.59. The van der Waals surface area contributed by atoms with Gasteiger partial charge in [0.2, 0.25) is 0 Å². The molecule has 0 saturated carbocycles. The molecule has 0 bridgehead atoms. The predicted octanol–water partition coefficient (Wildman–Crippen LogP) is 3.12. The van der Waals surface area contributed by atoms with Crippen LogP contribution >= 0.6 is 0 Å². The molecule has 1 amide bonds. The number of carbonyl (C=O) groups excluding carboxylic acids is 1. The first kappa shape index (κ1) is 15.4. The molecule has 0 spiro atoms. The Morgan fingerprint density at radius 3 is 2.29 bits per heavy atom. The molecule has 21 heavy (non-hydrogen) atoms. The number of amides is 1. The highest BCUT2D eigenvalue weighted by atomic mass is 16.5. The summed E-state index contributed by atoms with van der Waals surface area (Å²) in [6.07, 6.45) is 5.35. The Kier molecular flexibility index (Phi) is 5.62. The van der Waals surface area contributed by atoms with Gasteiger partial charge in [0.15, 0.2) is 6.10 Å². The van der Waals surface area contributed by atoms with E-state index in [0.717, 1.165) is 25.9 Å². The molecule has 1 fully saturated rings. The van der Waals surface area contributed by atoms with Crippen LogP contribution in [0.1, 0.15) is 44.6 Å². The second-order valence-electron chi connectivity index (χ2n) is 5.49. The third-order valence-electron chi connectivity index (χ3n) is 3.81. The quantitative estimate of drug-likeness (QED) is 0.858. The van der Waals surface area contributed by atoms with Crippen molar-refractivity contribution in [1.82, 2.24) is 4.90 Å². The summed E-state index contributed by atoms with van der Waals surface area (Å²) >= 11 is 0. The largest absolute Gasteiger partial charge is 0.481 e. The molecule has 1 aromatic carbocycles. The molecule has 1 unspecified atom stereocenters. The van der Waals surface area contributed by atoms with Crippen LogP contribution in [0, 0.1) is 11.3 Å². The molecule has 4 heteroatoms. The Labute approximate surface area is 126 Å². The van der Waals surface area contributed by atoms with Crippen molar-refractivity contribution in [3.63, 3.8) is 0 Å². The van der Waals surface area contributed by atoms with Crippen LogP contribution in [0.4, 0.5) is 0 Å². The Morgan fingerprint density at radius 2 is 1.71 bits per heavy atom. The molecule has 4 nitrogen and oxygen atoms in total. The van der Waals surface area contributed by atoms with E-state index < -0.39 is 6.10 Å². The van der Waals surface area contributed by atoms with E-state index in [1.54, 1.807) is 31.2 Å². The monoisotopic (exact) mass is 286 g/mol. The van der Waals surface area contributed by atoms with Gasteiger partial charge in [-0.3, -0.25) is 4.79 Å². The number of nitriles is 1. The highest BCUT2D eigenvalue weighted by Gasteiger charge is 2.22. The van der Waals surface area contributed by atoms with Gasteiger partial charge in [-0.1, -0.05) is 19.3 Å². The fraction of sp³-hybridized carbons (Fsp3) is 0.529. The summed E-state index contributed by atoms with van der Waals surface area (Å²) in [5, 5.41) is 8.77. The normalized spacial score (nSPS) is 17.2. The van der Waals surface area contributed by atoms with Gasteiger partial charge in [0.25, 0.3) is 5.91 Å². The van der Waals surface area contributed by atoms with Crippen LogP contribution in [0.2, 0.25) is 0 Å². The first-order chi connectivity index (χ1) is 10.2. The van der Waals surface area contributed by atoms with E-state index in [9.17, 15) is 4.79 Å². The number of nitrogens with zero attached hydrogens (tertiary/aromatic N) is 2. The molecule has 0 N–H and O–H groups in total. The standard InChI is InChI=1S/C17H22N2O2/c1-14(21-16-9-7-15(13-18)8-10-16)17(20)19-11-5-3-2-4-6-12-19/h7-10,14H,2-6,11-12H2,1H3.